The summed E-state index contributed by atoms with van der Waals surface area (Å²) in [5.74, 6) is -2.18. The number of sulfonamides is 1. The van der Waals surface area contributed by atoms with Crippen LogP contribution in [0.2, 0.25) is 0 Å². The van der Waals surface area contributed by atoms with E-state index in [-0.39, 0.29) is 18.7 Å². The summed E-state index contributed by atoms with van der Waals surface area (Å²) >= 11 is 0. The highest BCUT2D eigenvalue weighted by Gasteiger charge is 2.31. The van der Waals surface area contributed by atoms with Crippen LogP contribution in [-0.4, -0.2) is 51.0 Å². The predicted molar refractivity (Wildman–Crippen MR) is 114 cm³/mol. The number of benzene rings is 2. The van der Waals surface area contributed by atoms with E-state index >= 15 is 0 Å². The van der Waals surface area contributed by atoms with Gasteiger partial charge in [-0.25, -0.2) is 17.2 Å². The number of anilines is 1. The second-order valence-corrected chi connectivity index (χ2v) is 8.84. The van der Waals surface area contributed by atoms with E-state index in [1.54, 1.807) is 6.92 Å². The first-order chi connectivity index (χ1) is 14.6. The largest absolute Gasteiger partial charge is 0.357 e. The minimum atomic E-state index is -3.93. The van der Waals surface area contributed by atoms with Gasteiger partial charge in [-0.15, -0.1) is 0 Å². The van der Waals surface area contributed by atoms with E-state index in [9.17, 15) is 26.8 Å². The van der Waals surface area contributed by atoms with Gasteiger partial charge in [-0.05, 0) is 42.3 Å². The maximum Gasteiger partial charge on any atom is 0.244 e. The summed E-state index contributed by atoms with van der Waals surface area (Å²) in [5.41, 5.74) is 0.555. The molecule has 0 spiro atoms. The van der Waals surface area contributed by atoms with Crippen molar-refractivity contribution in [1.29, 1.82) is 0 Å². The number of hydrogen-bond donors (Lipinski definition) is 1. The lowest BCUT2D eigenvalue weighted by atomic mass is 10.1. The maximum atomic E-state index is 13.7. The van der Waals surface area contributed by atoms with Crippen molar-refractivity contribution >= 4 is 27.5 Å². The van der Waals surface area contributed by atoms with Crippen LogP contribution in [-0.2, 0) is 26.2 Å². The summed E-state index contributed by atoms with van der Waals surface area (Å²) in [6.07, 6.45) is 1.18. The number of amides is 2. The highest BCUT2D eigenvalue weighted by molar-refractivity contribution is 7.92. The first-order valence-electron chi connectivity index (χ1n) is 9.55. The fraction of sp³-hybridized carbons (Fsp3) is 0.333. The molecule has 0 unspecified atom stereocenters. The summed E-state index contributed by atoms with van der Waals surface area (Å²) in [6.45, 7) is 1.05. The van der Waals surface area contributed by atoms with Crippen LogP contribution in [0.1, 0.15) is 18.9 Å². The van der Waals surface area contributed by atoms with Crippen molar-refractivity contribution in [2.24, 2.45) is 0 Å². The van der Waals surface area contributed by atoms with Gasteiger partial charge in [-0.2, -0.15) is 0 Å². The van der Waals surface area contributed by atoms with Gasteiger partial charge < -0.3 is 10.2 Å². The van der Waals surface area contributed by atoms with Gasteiger partial charge in [0.1, 0.15) is 24.2 Å². The van der Waals surface area contributed by atoms with Crippen molar-refractivity contribution < 1.29 is 26.8 Å². The van der Waals surface area contributed by atoms with Crippen LogP contribution in [0.25, 0.3) is 0 Å². The zero-order valence-corrected chi connectivity index (χ0v) is 18.3. The Morgan fingerprint density at radius 1 is 1.06 bits per heavy atom. The second-order valence-electron chi connectivity index (χ2n) is 6.94. The van der Waals surface area contributed by atoms with Gasteiger partial charge in [0.15, 0.2) is 0 Å². The normalized spacial score (nSPS) is 12.2. The molecule has 0 radical (unpaired) electrons. The molecule has 168 valence electrons. The number of rotatable bonds is 9. The molecule has 0 saturated carbocycles. The third-order valence-corrected chi connectivity index (χ3v) is 5.81. The van der Waals surface area contributed by atoms with Gasteiger partial charge in [-0.3, -0.25) is 13.9 Å². The zero-order chi connectivity index (χ0) is 23.2. The zero-order valence-electron chi connectivity index (χ0n) is 17.5. The molecule has 0 heterocycles. The predicted octanol–water partition coefficient (Wildman–Crippen LogP) is 2.28. The fourth-order valence-electron chi connectivity index (χ4n) is 3.12. The van der Waals surface area contributed by atoms with Crippen LogP contribution in [0.15, 0.2) is 48.5 Å². The van der Waals surface area contributed by atoms with Crippen LogP contribution >= 0.6 is 0 Å². The van der Waals surface area contributed by atoms with Crippen LogP contribution in [0.4, 0.5) is 14.5 Å². The molecule has 0 aromatic heterocycles. The van der Waals surface area contributed by atoms with E-state index < -0.39 is 46.1 Å². The molecule has 0 saturated heterocycles. The maximum absolute atomic E-state index is 13.7. The molecule has 0 aliphatic carbocycles. The Hall–Kier alpha value is -3.01. The van der Waals surface area contributed by atoms with Gasteiger partial charge in [0, 0.05) is 13.6 Å². The van der Waals surface area contributed by atoms with E-state index in [4.69, 9.17) is 0 Å². The molecule has 2 rings (SSSR count). The average Bonchev–Trinajstić information content (AvgIpc) is 2.72. The lowest BCUT2D eigenvalue weighted by molar-refractivity contribution is -0.140. The van der Waals surface area contributed by atoms with Crippen LogP contribution < -0.4 is 9.62 Å². The van der Waals surface area contributed by atoms with Gasteiger partial charge in [0.05, 0.1) is 11.9 Å². The number of nitrogens with zero attached hydrogens (tertiary/aromatic N) is 2. The molecular formula is C21H25F2N3O4S. The molecule has 31 heavy (non-hydrogen) atoms. The molecule has 0 aliphatic heterocycles. The van der Waals surface area contributed by atoms with Crippen LogP contribution in [0, 0.1) is 11.6 Å². The first-order valence-corrected chi connectivity index (χ1v) is 11.4. The Labute approximate surface area is 180 Å². The van der Waals surface area contributed by atoms with Crippen molar-refractivity contribution in [3.8, 4) is 0 Å². The molecule has 0 aliphatic rings. The number of halogens is 2. The van der Waals surface area contributed by atoms with E-state index in [0.717, 1.165) is 22.7 Å². The third-order valence-electron chi connectivity index (χ3n) is 4.67. The SMILES string of the molecule is CC[C@@H](C(=O)NC)N(Cc1ccc(F)cc1)C(=O)CN(c1cccc(F)c1)S(C)(=O)=O. The summed E-state index contributed by atoms with van der Waals surface area (Å²) in [7, 11) is -2.50. The third kappa shape index (κ3) is 6.48. The molecule has 2 aromatic rings. The summed E-state index contributed by atoms with van der Waals surface area (Å²) < 4.78 is 52.4. The highest BCUT2D eigenvalue weighted by Crippen LogP contribution is 2.20. The van der Waals surface area contributed by atoms with Crippen LogP contribution in [0.5, 0.6) is 0 Å². The molecule has 2 aromatic carbocycles. The highest BCUT2D eigenvalue weighted by atomic mass is 32.2. The monoisotopic (exact) mass is 453 g/mol. The van der Waals surface area contributed by atoms with Crippen molar-refractivity contribution in [2.45, 2.75) is 25.9 Å². The van der Waals surface area contributed by atoms with Gasteiger partial charge in [0.2, 0.25) is 21.8 Å². The smallest absolute Gasteiger partial charge is 0.244 e. The fourth-order valence-corrected chi connectivity index (χ4v) is 3.96. The molecule has 0 bridgehead atoms. The summed E-state index contributed by atoms with van der Waals surface area (Å²) in [6, 6.07) is 9.42. The van der Waals surface area contributed by atoms with Gasteiger partial charge in [0.25, 0.3) is 0 Å². The number of carbonyl (C=O) groups is 2. The van der Waals surface area contributed by atoms with Crippen molar-refractivity contribution in [3.63, 3.8) is 0 Å². The first kappa shape index (κ1) is 24.3. The topological polar surface area (TPSA) is 86.8 Å². The Morgan fingerprint density at radius 3 is 2.23 bits per heavy atom. The van der Waals surface area contributed by atoms with Crippen molar-refractivity contribution in [3.05, 3.63) is 65.7 Å². The Balaban J connectivity index is 2.41. The lowest BCUT2D eigenvalue weighted by Gasteiger charge is -2.32. The summed E-state index contributed by atoms with van der Waals surface area (Å²) in [5, 5.41) is 2.49. The molecule has 10 heteroatoms. The van der Waals surface area contributed by atoms with E-state index in [1.165, 1.54) is 48.3 Å². The van der Waals surface area contributed by atoms with Crippen molar-refractivity contribution in [2.75, 3.05) is 24.2 Å². The molecule has 1 N–H and O–H groups in total. The lowest BCUT2D eigenvalue weighted by Crippen LogP contribution is -2.51. The minimum Gasteiger partial charge on any atom is -0.357 e. The number of hydrogen-bond acceptors (Lipinski definition) is 4. The van der Waals surface area contributed by atoms with Crippen LogP contribution in [0.3, 0.4) is 0 Å². The number of nitrogens with one attached hydrogen (secondary N) is 1. The Morgan fingerprint density at radius 2 is 1.71 bits per heavy atom. The van der Waals surface area contributed by atoms with E-state index in [0.29, 0.717) is 5.56 Å². The molecular weight excluding hydrogens is 428 g/mol. The minimum absolute atomic E-state index is 0.00873. The quantitative estimate of drug-likeness (QED) is 0.631. The Kier molecular flexibility index (Phi) is 8.09. The van der Waals surface area contributed by atoms with E-state index in [1.807, 2.05) is 0 Å². The number of carbonyl (C=O) groups excluding carboxylic acids is 2. The number of likely N-dealkylation sites (N-methyl/N-ethyl adjacent to an activating group) is 1. The molecule has 2 amide bonds. The van der Waals surface area contributed by atoms with Crippen molar-refractivity contribution in [1.82, 2.24) is 10.2 Å². The summed E-state index contributed by atoms with van der Waals surface area (Å²) in [4.78, 5) is 26.8. The van der Waals surface area contributed by atoms with E-state index in [2.05, 4.69) is 5.32 Å². The molecule has 1 atom stereocenters. The molecule has 0 fully saturated rings. The van der Waals surface area contributed by atoms with Gasteiger partial charge in [-0.1, -0.05) is 25.1 Å². The average molecular weight is 454 g/mol. The molecule has 7 nitrogen and oxygen atoms in total. The standard InChI is InChI=1S/C21H25F2N3O4S/c1-4-19(21(28)24-2)25(13-15-8-10-16(22)11-9-15)20(27)14-26(31(3,29)30)18-7-5-6-17(23)12-18/h5-12,19H,4,13-14H2,1-3H3,(H,24,28)/t19-/m0/s1. The Bertz CT molecular complexity index is 1030. The van der Waals surface area contributed by atoms with Gasteiger partial charge >= 0.3 is 0 Å². The second kappa shape index (κ2) is 10.3.